The van der Waals surface area contributed by atoms with Crippen LogP contribution in [0.4, 0.5) is 4.39 Å². The molecule has 0 aromatic heterocycles. The molecule has 1 amide bonds. The number of benzene rings is 1. The maximum Gasteiger partial charge on any atom is 0.223 e. The third kappa shape index (κ3) is 4.02. The fourth-order valence-corrected chi connectivity index (χ4v) is 2.33. The lowest BCUT2D eigenvalue weighted by atomic mass is 10.1. The number of hydrogen-bond donors (Lipinski definition) is 2. The molecule has 2 rings (SSSR count). The molecule has 1 aliphatic rings. The van der Waals surface area contributed by atoms with Crippen LogP contribution in [-0.2, 0) is 9.53 Å². The Kier molecular flexibility index (Phi) is 5.09. The number of aliphatic hydroxyl groups excluding tert-OH is 1. The van der Waals surface area contributed by atoms with Crippen LogP contribution in [-0.4, -0.2) is 37.4 Å². The molecule has 0 bridgehead atoms. The summed E-state index contributed by atoms with van der Waals surface area (Å²) in [7, 11) is 1.53. The normalized spacial score (nSPS) is 22.4. The third-order valence-corrected chi connectivity index (χ3v) is 3.56. The molecule has 1 aliphatic carbocycles. The van der Waals surface area contributed by atoms with Gasteiger partial charge < -0.3 is 15.2 Å². The summed E-state index contributed by atoms with van der Waals surface area (Å²) in [4.78, 5) is 11.9. The van der Waals surface area contributed by atoms with E-state index in [4.69, 9.17) is 4.74 Å². The highest BCUT2D eigenvalue weighted by Crippen LogP contribution is 2.47. The van der Waals surface area contributed by atoms with Crippen LogP contribution in [0.3, 0.4) is 0 Å². The number of rotatable bonds is 7. The molecule has 0 aliphatic heterocycles. The summed E-state index contributed by atoms with van der Waals surface area (Å²) < 4.78 is 17.6. The summed E-state index contributed by atoms with van der Waals surface area (Å²) in [5, 5.41) is 12.3. The van der Waals surface area contributed by atoms with Gasteiger partial charge in [0.25, 0.3) is 0 Å². The molecular formula is C15H20FNO3. The predicted octanol–water partition coefficient (Wildman–Crippen LogP) is 1.44. The molecule has 1 saturated carbocycles. The van der Waals surface area contributed by atoms with E-state index in [2.05, 4.69) is 5.32 Å². The zero-order valence-corrected chi connectivity index (χ0v) is 11.5. The Morgan fingerprint density at radius 2 is 2.20 bits per heavy atom. The zero-order valence-electron chi connectivity index (χ0n) is 11.5. The first-order chi connectivity index (χ1) is 9.61. The van der Waals surface area contributed by atoms with Gasteiger partial charge in [0, 0.05) is 19.6 Å². The van der Waals surface area contributed by atoms with Crippen molar-refractivity contribution in [3.05, 3.63) is 35.6 Å². The molecule has 20 heavy (non-hydrogen) atoms. The summed E-state index contributed by atoms with van der Waals surface area (Å²) in [6.07, 6.45) is 0.735. The fraction of sp³-hybridized carbons (Fsp3) is 0.533. The topological polar surface area (TPSA) is 58.6 Å². The van der Waals surface area contributed by atoms with E-state index in [1.807, 2.05) is 0 Å². The molecule has 0 heterocycles. The van der Waals surface area contributed by atoms with Gasteiger partial charge in [-0.1, -0.05) is 12.1 Å². The predicted molar refractivity (Wildman–Crippen MR) is 72.8 cm³/mol. The van der Waals surface area contributed by atoms with Crippen molar-refractivity contribution in [1.29, 1.82) is 0 Å². The maximum atomic E-state index is 12.8. The zero-order chi connectivity index (χ0) is 14.5. The molecule has 0 radical (unpaired) electrons. The van der Waals surface area contributed by atoms with E-state index in [-0.39, 0.29) is 30.2 Å². The van der Waals surface area contributed by atoms with E-state index in [1.54, 1.807) is 12.1 Å². The highest BCUT2D eigenvalue weighted by atomic mass is 19.1. The summed E-state index contributed by atoms with van der Waals surface area (Å²) >= 11 is 0. The summed E-state index contributed by atoms with van der Waals surface area (Å²) in [5.74, 6) is -0.0917. The first kappa shape index (κ1) is 14.9. The maximum absolute atomic E-state index is 12.8. The molecule has 2 N–H and O–H groups in total. The number of carbonyl (C=O) groups excluding carboxylic acids is 1. The number of ether oxygens (including phenoxy) is 1. The minimum Gasteiger partial charge on any atom is -0.391 e. The molecule has 1 fully saturated rings. The molecule has 1 aromatic carbocycles. The quantitative estimate of drug-likeness (QED) is 0.795. The molecule has 110 valence electrons. The molecule has 3 unspecified atom stereocenters. The van der Waals surface area contributed by atoms with Gasteiger partial charge in [-0.15, -0.1) is 0 Å². The van der Waals surface area contributed by atoms with Crippen molar-refractivity contribution >= 4 is 5.91 Å². The minimum absolute atomic E-state index is 0.00365. The lowest BCUT2D eigenvalue weighted by Crippen LogP contribution is -2.29. The first-order valence-corrected chi connectivity index (χ1v) is 6.82. The Morgan fingerprint density at radius 1 is 1.50 bits per heavy atom. The second-order valence-corrected chi connectivity index (χ2v) is 5.19. The van der Waals surface area contributed by atoms with Gasteiger partial charge in [-0.2, -0.15) is 0 Å². The van der Waals surface area contributed by atoms with Crippen molar-refractivity contribution in [2.75, 3.05) is 20.3 Å². The van der Waals surface area contributed by atoms with Crippen LogP contribution in [0.2, 0.25) is 0 Å². The smallest absolute Gasteiger partial charge is 0.223 e. The molecule has 0 spiro atoms. The van der Waals surface area contributed by atoms with Crippen LogP contribution in [0.1, 0.15) is 24.3 Å². The van der Waals surface area contributed by atoms with Gasteiger partial charge in [-0.25, -0.2) is 4.39 Å². The van der Waals surface area contributed by atoms with Gasteiger partial charge in [0.05, 0.1) is 12.7 Å². The third-order valence-electron chi connectivity index (χ3n) is 3.56. The highest BCUT2D eigenvalue weighted by Gasteiger charge is 2.43. The number of nitrogens with one attached hydrogen (secondary N) is 1. The van der Waals surface area contributed by atoms with Crippen LogP contribution in [0.5, 0.6) is 0 Å². The van der Waals surface area contributed by atoms with Gasteiger partial charge in [0.1, 0.15) is 5.82 Å². The van der Waals surface area contributed by atoms with Gasteiger partial charge in [0.15, 0.2) is 0 Å². The molecule has 4 nitrogen and oxygen atoms in total. The SMILES string of the molecule is COCC(O)CCNC(=O)C1CC1c1ccc(F)cc1. The van der Waals surface area contributed by atoms with Crippen LogP contribution < -0.4 is 5.32 Å². The summed E-state index contributed by atoms with van der Waals surface area (Å²) in [6, 6.07) is 6.30. The largest absolute Gasteiger partial charge is 0.391 e. The van der Waals surface area contributed by atoms with Crippen molar-refractivity contribution < 1.29 is 19.0 Å². The van der Waals surface area contributed by atoms with Crippen molar-refractivity contribution in [2.24, 2.45) is 5.92 Å². The Bertz CT molecular complexity index is 449. The summed E-state index contributed by atoms with van der Waals surface area (Å²) in [6.45, 7) is 0.716. The second kappa shape index (κ2) is 6.81. The second-order valence-electron chi connectivity index (χ2n) is 5.19. The van der Waals surface area contributed by atoms with Crippen molar-refractivity contribution in [2.45, 2.75) is 24.9 Å². The number of amides is 1. The molecule has 3 atom stereocenters. The van der Waals surface area contributed by atoms with E-state index in [1.165, 1.54) is 19.2 Å². The lowest BCUT2D eigenvalue weighted by Gasteiger charge is -2.10. The van der Waals surface area contributed by atoms with Gasteiger partial charge in [0.2, 0.25) is 5.91 Å². The van der Waals surface area contributed by atoms with Crippen molar-refractivity contribution in [3.63, 3.8) is 0 Å². The van der Waals surface area contributed by atoms with E-state index in [0.717, 1.165) is 12.0 Å². The van der Waals surface area contributed by atoms with Crippen LogP contribution >= 0.6 is 0 Å². The standard InChI is InChI=1S/C15H20FNO3/c1-20-9-12(18)6-7-17-15(19)14-8-13(14)10-2-4-11(16)5-3-10/h2-5,12-14,18H,6-9H2,1H3,(H,17,19). The lowest BCUT2D eigenvalue weighted by molar-refractivity contribution is -0.122. The highest BCUT2D eigenvalue weighted by molar-refractivity contribution is 5.82. The Morgan fingerprint density at radius 3 is 2.85 bits per heavy atom. The minimum atomic E-state index is -0.549. The van der Waals surface area contributed by atoms with E-state index in [9.17, 15) is 14.3 Å². The number of carbonyl (C=O) groups is 1. The first-order valence-electron chi connectivity index (χ1n) is 6.82. The van der Waals surface area contributed by atoms with Crippen LogP contribution in [0.25, 0.3) is 0 Å². The van der Waals surface area contributed by atoms with E-state index >= 15 is 0 Å². The van der Waals surface area contributed by atoms with Gasteiger partial charge in [-0.05, 0) is 36.5 Å². The Hall–Kier alpha value is -1.46. The molecule has 1 aromatic rings. The molecule has 5 heteroatoms. The van der Waals surface area contributed by atoms with Crippen molar-refractivity contribution in [3.8, 4) is 0 Å². The van der Waals surface area contributed by atoms with Crippen LogP contribution in [0, 0.1) is 11.7 Å². The van der Waals surface area contributed by atoms with E-state index in [0.29, 0.717) is 13.0 Å². The monoisotopic (exact) mass is 281 g/mol. The number of aliphatic hydroxyl groups is 1. The number of methoxy groups -OCH3 is 1. The van der Waals surface area contributed by atoms with Gasteiger partial charge >= 0.3 is 0 Å². The summed E-state index contributed by atoms with van der Waals surface area (Å²) in [5.41, 5.74) is 1.01. The Labute approximate surface area is 117 Å². The van der Waals surface area contributed by atoms with Crippen molar-refractivity contribution in [1.82, 2.24) is 5.32 Å². The number of hydrogen-bond acceptors (Lipinski definition) is 3. The van der Waals surface area contributed by atoms with Gasteiger partial charge in [-0.3, -0.25) is 4.79 Å². The molecular weight excluding hydrogens is 261 g/mol. The average molecular weight is 281 g/mol. The fourth-order valence-electron chi connectivity index (χ4n) is 2.33. The van der Waals surface area contributed by atoms with E-state index < -0.39 is 6.10 Å². The van der Waals surface area contributed by atoms with Crippen LogP contribution in [0.15, 0.2) is 24.3 Å². The number of halogens is 1. The molecule has 0 saturated heterocycles. The Balaban J connectivity index is 1.72. The average Bonchev–Trinajstić information content (AvgIpc) is 3.20.